The maximum Gasteiger partial charge on any atom is 0.555 e. The molecule has 0 amide bonds. The zero-order valence-electron chi connectivity index (χ0n) is 10.9. The zero-order chi connectivity index (χ0) is 18.3. The Bertz CT molecular complexity index is 1030. The van der Waals surface area contributed by atoms with Crippen molar-refractivity contribution >= 4 is 34.6 Å². The van der Waals surface area contributed by atoms with Crippen molar-refractivity contribution < 1.29 is 46.5 Å². The fourth-order valence-electron chi connectivity index (χ4n) is 1.38. The summed E-state index contributed by atoms with van der Waals surface area (Å²) in [7, 11) is -16.8. The van der Waals surface area contributed by atoms with Gasteiger partial charge in [-0.1, -0.05) is 0 Å². The van der Waals surface area contributed by atoms with Gasteiger partial charge in [-0.05, 0) is 0 Å². The van der Waals surface area contributed by atoms with Crippen LogP contribution in [-0.4, -0.2) is 39.3 Å². The quantitative estimate of drug-likeness (QED) is 0.288. The molecule has 2 unspecified atom stereocenters. The topological polar surface area (TPSA) is 243 Å². The maximum atomic E-state index is 11.6. The molecule has 2 rings (SSSR count). The van der Waals surface area contributed by atoms with Crippen LogP contribution in [0.15, 0.2) is 15.9 Å². The van der Waals surface area contributed by atoms with E-state index >= 15 is 0 Å². The summed E-state index contributed by atoms with van der Waals surface area (Å²) in [5, 5.41) is 0. The Balaban J connectivity index is 2.32. The first-order valence-electron chi connectivity index (χ1n) is 5.32. The second-order valence-corrected chi connectivity index (χ2v) is 8.17. The molecule has 2 heterocycles. The highest BCUT2D eigenvalue weighted by atomic mass is 31.3. The predicted molar refractivity (Wildman–Crippen MR) is 71.4 cm³/mol. The molecule has 0 aliphatic rings. The lowest BCUT2D eigenvalue weighted by Crippen LogP contribution is -2.23. The van der Waals surface area contributed by atoms with E-state index in [0.717, 1.165) is 0 Å². The molecule has 0 radical (unpaired) electrons. The Kier molecular flexibility index (Phi) is 4.71. The molecular weight excluding hydrogens is 401 g/mol. The van der Waals surface area contributed by atoms with Crippen LogP contribution < -0.4 is 15.9 Å². The van der Waals surface area contributed by atoms with Crippen molar-refractivity contribution in [2.24, 2.45) is 0 Å². The minimum absolute atomic E-state index is 0.254. The summed E-state index contributed by atoms with van der Waals surface area (Å²) in [6, 6.07) is 0. The molecule has 0 bridgehead atoms. The van der Waals surface area contributed by atoms with Crippen molar-refractivity contribution in [1.29, 1.82) is 0 Å². The smallest absolute Gasteiger partial charge is 0.308 e. The van der Waals surface area contributed by atoms with Gasteiger partial charge in [0.05, 0.1) is 0 Å². The van der Waals surface area contributed by atoms with Crippen molar-refractivity contribution in [2.75, 3.05) is 0 Å². The first kappa shape index (κ1) is 18.7. The average Bonchev–Trinajstić information content (AvgIpc) is 2.66. The maximum absolute atomic E-state index is 11.6. The fourth-order valence-corrected chi connectivity index (χ4v) is 4.35. The third-order valence-corrected chi connectivity index (χ3v) is 5.73. The van der Waals surface area contributed by atoms with Crippen LogP contribution >= 0.6 is 23.5 Å². The highest BCUT2D eigenvalue weighted by Gasteiger charge is 2.42. The zero-order valence-corrected chi connectivity index (χ0v) is 13.6. The molecule has 24 heavy (non-hydrogen) atoms. The number of H-pyrrole nitrogens is 2. The number of aromatic amines is 2. The molecule has 134 valence electrons. The van der Waals surface area contributed by atoms with Gasteiger partial charge in [0.1, 0.15) is 6.33 Å². The van der Waals surface area contributed by atoms with Crippen molar-refractivity contribution in [3.63, 3.8) is 0 Å². The monoisotopic (exact) mass is 408 g/mol. The summed E-state index contributed by atoms with van der Waals surface area (Å²) in [5.74, 6) is 0. The number of hydrogen-bond donors (Lipinski definition) is 6. The number of aromatic nitrogens is 4. The summed E-state index contributed by atoms with van der Waals surface area (Å²) >= 11 is 0. The van der Waals surface area contributed by atoms with Gasteiger partial charge in [-0.25, -0.2) is 23.5 Å². The van der Waals surface area contributed by atoms with E-state index in [4.69, 9.17) is 14.7 Å². The molecular formula is C5H7N4O12P3. The summed E-state index contributed by atoms with van der Waals surface area (Å²) < 4.78 is 44.8. The second kappa shape index (κ2) is 6.04. The molecule has 2 atom stereocenters. The largest absolute Gasteiger partial charge is 0.555 e. The van der Waals surface area contributed by atoms with Gasteiger partial charge in [0.2, 0.25) is 0 Å². The first-order chi connectivity index (χ1) is 10.8. The third-order valence-electron chi connectivity index (χ3n) is 2.02. The Hall–Kier alpha value is -1.60. The van der Waals surface area contributed by atoms with Crippen molar-refractivity contribution in [1.82, 2.24) is 19.7 Å². The Labute approximate surface area is 129 Å². The lowest BCUT2D eigenvalue weighted by atomic mass is 10.5. The van der Waals surface area contributed by atoms with Crippen LogP contribution in [0.2, 0.25) is 0 Å². The Morgan fingerprint density at radius 3 is 2.21 bits per heavy atom. The number of hydrogen-bond acceptors (Lipinski definition) is 9. The van der Waals surface area contributed by atoms with Crippen molar-refractivity contribution in [3.05, 3.63) is 27.2 Å². The molecule has 2 aromatic heterocycles. The predicted octanol–water partition coefficient (Wildman–Crippen LogP) is -1.83. The van der Waals surface area contributed by atoms with Crippen LogP contribution in [0.3, 0.4) is 0 Å². The van der Waals surface area contributed by atoms with Crippen LogP contribution in [-0.2, 0) is 22.3 Å². The number of rotatable bonds is 6. The van der Waals surface area contributed by atoms with Gasteiger partial charge in [-0.15, -0.1) is 4.73 Å². The minimum Gasteiger partial charge on any atom is -0.308 e. The molecule has 0 saturated carbocycles. The van der Waals surface area contributed by atoms with E-state index in [-0.39, 0.29) is 4.73 Å². The third kappa shape index (κ3) is 4.70. The Morgan fingerprint density at radius 2 is 1.62 bits per heavy atom. The first-order valence-corrected chi connectivity index (χ1v) is 9.84. The van der Waals surface area contributed by atoms with Crippen molar-refractivity contribution in [2.45, 2.75) is 0 Å². The molecule has 0 aromatic carbocycles. The summed E-state index contributed by atoms with van der Waals surface area (Å²) in [6.07, 6.45) is 0.633. The summed E-state index contributed by atoms with van der Waals surface area (Å²) in [6.45, 7) is 0. The molecule has 0 fully saturated rings. The van der Waals surface area contributed by atoms with Crippen LogP contribution in [0.5, 0.6) is 0 Å². The highest BCUT2D eigenvalue weighted by Crippen LogP contribution is 2.65. The van der Waals surface area contributed by atoms with Gasteiger partial charge in [-0.2, -0.15) is 8.62 Å². The molecule has 0 saturated heterocycles. The van der Waals surface area contributed by atoms with Crippen molar-refractivity contribution in [3.8, 4) is 0 Å². The van der Waals surface area contributed by atoms with Gasteiger partial charge >= 0.3 is 29.2 Å². The fraction of sp³-hybridized carbons (Fsp3) is 0. The number of phosphoric acid groups is 3. The molecule has 0 spiro atoms. The number of imidazole rings is 1. The molecule has 0 aliphatic heterocycles. The molecule has 16 nitrogen and oxygen atoms in total. The van der Waals surface area contributed by atoms with Gasteiger partial charge in [-0.3, -0.25) is 19.7 Å². The summed E-state index contributed by atoms with van der Waals surface area (Å²) in [4.78, 5) is 64.9. The summed E-state index contributed by atoms with van der Waals surface area (Å²) in [5.41, 5.74) is -2.93. The standard InChI is InChI=1S/C5H7N4O12P3/c10-4-2-3(7-5(11)8-4)9(1-6-2)19-23(15,16)21-24(17,18)20-22(12,13)14/h1H,(H,15,16)(H,17,18)(H2,12,13,14)(H2,7,8,10,11). The van der Waals surface area contributed by atoms with Crippen LogP contribution in [0.25, 0.3) is 11.2 Å². The van der Waals surface area contributed by atoms with E-state index in [0.29, 0.717) is 6.33 Å². The minimum atomic E-state index is -5.71. The van der Waals surface area contributed by atoms with Gasteiger partial charge < -0.3 is 19.3 Å². The second-order valence-electron chi connectivity index (χ2n) is 3.85. The van der Waals surface area contributed by atoms with Crippen LogP contribution in [0.1, 0.15) is 0 Å². The van der Waals surface area contributed by atoms with Crippen LogP contribution in [0, 0.1) is 0 Å². The molecule has 19 heteroatoms. The highest BCUT2D eigenvalue weighted by molar-refractivity contribution is 7.66. The van der Waals surface area contributed by atoms with Gasteiger partial charge in [0.15, 0.2) is 11.2 Å². The number of nitrogens with one attached hydrogen (secondary N) is 2. The molecule has 0 aliphatic carbocycles. The number of nitrogens with zero attached hydrogens (tertiary/aromatic N) is 2. The number of fused-ring (bicyclic) bond motifs is 1. The van der Waals surface area contributed by atoms with E-state index in [1.807, 2.05) is 4.98 Å². The normalized spacial score (nSPS) is 17.3. The lowest BCUT2D eigenvalue weighted by molar-refractivity contribution is 0.163. The van der Waals surface area contributed by atoms with Gasteiger partial charge in [0.25, 0.3) is 5.56 Å². The van der Waals surface area contributed by atoms with E-state index in [9.17, 15) is 28.2 Å². The SMILES string of the molecule is O=c1[nH]c(=O)c2ncn(OP(=O)(O)OP(=O)(O)OP(=O)(O)O)c2[nH]1. The van der Waals surface area contributed by atoms with E-state index in [1.54, 1.807) is 4.98 Å². The molecule has 6 N–H and O–H groups in total. The molecule has 2 aromatic rings. The lowest BCUT2D eigenvalue weighted by Gasteiger charge is -2.16. The van der Waals surface area contributed by atoms with E-state index < -0.39 is 45.9 Å². The van der Waals surface area contributed by atoms with E-state index in [1.165, 1.54) is 0 Å². The average molecular weight is 408 g/mol. The van der Waals surface area contributed by atoms with Gasteiger partial charge in [0, 0.05) is 0 Å². The van der Waals surface area contributed by atoms with E-state index in [2.05, 4.69) is 18.2 Å². The Morgan fingerprint density at radius 1 is 1.00 bits per heavy atom. The van der Waals surface area contributed by atoms with Crippen LogP contribution in [0.4, 0.5) is 0 Å².